The Balaban J connectivity index is 2.24. The molecule has 0 fully saturated rings. The molecule has 7 heteroatoms. The molecule has 0 radical (unpaired) electrons. The van der Waals surface area contributed by atoms with Crippen molar-refractivity contribution in [3.8, 4) is 17.0 Å². The van der Waals surface area contributed by atoms with Crippen LogP contribution in [0.3, 0.4) is 0 Å². The van der Waals surface area contributed by atoms with E-state index < -0.39 is 0 Å². The van der Waals surface area contributed by atoms with Crippen molar-refractivity contribution in [2.45, 2.75) is 20.4 Å². The number of ether oxygens (including phenoxy) is 2. The van der Waals surface area contributed by atoms with Crippen molar-refractivity contribution in [3.05, 3.63) is 17.3 Å². The summed E-state index contributed by atoms with van der Waals surface area (Å²) in [4.78, 5) is 11.4. The lowest BCUT2D eigenvalue weighted by molar-refractivity contribution is -0.144. The number of aryl methyl sites for hydroxylation is 1. The van der Waals surface area contributed by atoms with Crippen molar-refractivity contribution < 1.29 is 14.3 Å². The maximum absolute atomic E-state index is 11.4. The molecule has 6 nitrogen and oxygen atoms in total. The van der Waals surface area contributed by atoms with Gasteiger partial charge >= 0.3 is 5.97 Å². The second-order valence-electron chi connectivity index (χ2n) is 3.87. The molecule has 0 N–H and O–H groups in total. The van der Waals surface area contributed by atoms with Crippen molar-refractivity contribution in [3.63, 3.8) is 0 Å². The molecule has 0 saturated heterocycles. The first kappa shape index (κ1) is 13.5. The van der Waals surface area contributed by atoms with Crippen LogP contribution in [0.4, 0.5) is 0 Å². The number of hydrogen-bond donors (Lipinski definition) is 0. The fourth-order valence-corrected chi connectivity index (χ4v) is 2.41. The number of carbonyl (C=O) groups excluding carboxylic acids is 1. The predicted molar refractivity (Wildman–Crippen MR) is 71.3 cm³/mol. The molecule has 102 valence electrons. The molecule has 19 heavy (non-hydrogen) atoms. The molecule has 2 rings (SSSR count). The summed E-state index contributed by atoms with van der Waals surface area (Å²) >= 11 is 1.32. The highest BCUT2D eigenvalue weighted by Gasteiger charge is 2.15. The van der Waals surface area contributed by atoms with Gasteiger partial charge in [0.15, 0.2) is 0 Å². The van der Waals surface area contributed by atoms with Gasteiger partial charge in [0.25, 0.3) is 0 Å². The molecule has 0 aliphatic rings. The third-order valence-corrected chi connectivity index (χ3v) is 3.18. The second kappa shape index (κ2) is 5.83. The Morgan fingerprint density at radius 2 is 2.26 bits per heavy atom. The highest BCUT2D eigenvalue weighted by Crippen LogP contribution is 2.32. The monoisotopic (exact) mass is 281 g/mol. The van der Waals surface area contributed by atoms with Crippen LogP contribution < -0.4 is 4.74 Å². The zero-order valence-corrected chi connectivity index (χ0v) is 11.9. The molecule has 0 aliphatic heterocycles. The fraction of sp³-hybridized carbons (Fsp3) is 0.417. The average molecular weight is 281 g/mol. The summed E-state index contributed by atoms with van der Waals surface area (Å²) < 4.78 is 15.8. The van der Waals surface area contributed by atoms with Gasteiger partial charge in [-0.3, -0.25) is 9.48 Å². The second-order valence-corrected chi connectivity index (χ2v) is 4.50. The van der Waals surface area contributed by atoms with E-state index in [0.717, 1.165) is 16.8 Å². The molecule has 0 aliphatic carbocycles. The molecule has 2 aromatic rings. The first-order chi connectivity index (χ1) is 9.15. The number of hydrogen-bond acceptors (Lipinski definition) is 6. The maximum atomic E-state index is 11.4. The molecule has 0 spiro atoms. The lowest BCUT2D eigenvalue weighted by Crippen LogP contribution is -2.13. The summed E-state index contributed by atoms with van der Waals surface area (Å²) in [7, 11) is 1.58. The van der Waals surface area contributed by atoms with E-state index in [1.54, 1.807) is 24.9 Å². The number of esters is 1. The molecule has 0 aromatic carbocycles. The zero-order chi connectivity index (χ0) is 13.8. The van der Waals surface area contributed by atoms with Gasteiger partial charge in [-0.1, -0.05) is 0 Å². The van der Waals surface area contributed by atoms with Gasteiger partial charge in [0.05, 0.1) is 25.0 Å². The lowest BCUT2D eigenvalue weighted by Gasteiger charge is -2.01. The van der Waals surface area contributed by atoms with Gasteiger partial charge in [-0.15, -0.1) is 0 Å². The Morgan fingerprint density at radius 3 is 2.95 bits per heavy atom. The van der Waals surface area contributed by atoms with E-state index >= 15 is 0 Å². The van der Waals surface area contributed by atoms with E-state index in [4.69, 9.17) is 9.47 Å². The van der Waals surface area contributed by atoms with Gasteiger partial charge in [-0.2, -0.15) is 9.47 Å². The Morgan fingerprint density at radius 1 is 1.47 bits per heavy atom. The first-order valence-corrected chi connectivity index (χ1v) is 6.67. The molecular weight excluding hydrogens is 266 g/mol. The standard InChI is InChI=1S/C12H15N3O3S/c1-4-18-11(16)6-15-5-9(8(2)13-15)10-7-19-14-12(10)17-3/h5,7H,4,6H2,1-3H3. The van der Waals surface area contributed by atoms with Crippen LogP contribution in [0, 0.1) is 6.92 Å². The topological polar surface area (TPSA) is 66.2 Å². The first-order valence-electron chi connectivity index (χ1n) is 5.84. The maximum Gasteiger partial charge on any atom is 0.327 e. The van der Waals surface area contributed by atoms with Gasteiger partial charge in [0, 0.05) is 17.1 Å². The average Bonchev–Trinajstić information content (AvgIpc) is 2.95. The Labute approximate surface area is 115 Å². The van der Waals surface area contributed by atoms with Gasteiger partial charge in [-0.25, -0.2) is 0 Å². The SMILES string of the molecule is CCOC(=O)Cn1cc(-c2csnc2OC)c(C)n1. The van der Waals surface area contributed by atoms with E-state index in [2.05, 4.69) is 9.47 Å². The van der Waals surface area contributed by atoms with Crippen molar-refractivity contribution in [2.75, 3.05) is 13.7 Å². The fourth-order valence-electron chi connectivity index (χ4n) is 1.75. The minimum atomic E-state index is -0.299. The number of rotatable bonds is 5. The van der Waals surface area contributed by atoms with Crippen LogP contribution in [-0.4, -0.2) is 33.8 Å². The van der Waals surface area contributed by atoms with E-state index in [1.807, 2.05) is 12.3 Å². The number of carbonyl (C=O) groups is 1. The Kier molecular flexibility index (Phi) is 4.16. The highest BCUT2D eigenvalue weighted by atomic mass is 32.1. The summed E-state index contributed by atoms with van der Waals surface area (Å²) in [5.41, 5.74) is 2.62. The molecule has 2 aromatic heterocycles. The smallest absolute Gasteiger partial charge is 0.327 e. The van der Waals surface area contributed by atoms with Gasteiger partial charge < -0.3 is 9.47 Å². The lowest BCUT2D eigenvalue weighted by atomic mass is 10.1. The van der Waals surface area contributed by atoms with Crippen LogP contribution in [-0.2, 0) is 16.1 Å². The van der Waals surface area contributed by atoms with Crippen LogP contribution in [0.1, 0.15) is 12.6 Å². The minimum Gasteiger partial charge on any atom is -0.480 e. The number of aromatic nitrogens is 3. The van der Waals surface area contributed by atoms with E-state index in [1.165, 1.54) is 11.5 Å². The summed E-state index contributed by atoms with van der Waals surface area (Å²) in [5.74, 6) is 0.274. The molecule has 0 atom stereocenters. The Bertz CT molecular complexity index is 577. The van der Waals surface area contributed by atoms with Crippen LogP contribution >= 0.6 is 11.5 Å². The molecular formula is C12H15N3O3S. The van der Waals surface area contributed by atoms with Crippen molar-refractivity contribution in [1.29, 1.82) is 0 Å². The molecule has 0 amide bonds. The third-order valence-electron chi connectivity index (χ3n) is 2.56. The van der Waals surface area contributed by atoms with Crippen LogP contribution in [0.5, 0.6) is 5.88 Å². The van der Waals surface area contributed by atoms with E-state index in [0.29, 0.717) is 12.5 Å². The number of methoxy groups -OCH3 is 1. The number of nitrogens with zero attached hydrogens (tertiary/aromatic N) is 3. The quantitative estimate of drug-likeness (QED) is 0.783. The minimum absolute atomic E-state index is 0.106. The van der Waals surface area contributed by atoms with E-state index in [9.17, 15) is 4.79 Å². The molecule has 0 saturated carbocycles. The summed E-state index contributed by atoms with van der Waals surface area (Å²) in [6, 6.07) is 0. The molecule has 0 bridgehead atoms. The van der Waals surface area contributed by atoms with Crippen LogP contribution in [0.15, 0.2) is 11.6 Å². The normalized spacial score (nSPS) is 10.5. The third kappa shape index (κ3) is 2.93. The zero-order valence-electron chi connectivity index (χ0n) is 11.0. The van der Waals surface area contributed by atoms with Crippen LogP contribution in [0.2, 0.25) is 0 Å². The molecule has 0 unspecified atom stereocenters. The van der Waals surface area contributed by atoms with E-state index in [-0.39, 0.29) is 12.5 Å². The summed E-state index contributed by atoms with van der Waals surface area (Å²) in [6.07, 6.45) is 1.80. The predicted octanol–water partition coefficient (Wildman–Crippen LogP) is 1.89. The van der Waals surface area contributed by atoms with Crippen molar-refractivity contribution >= 4 is 17.5 Å². The summed E-state index contributed by atoms with van der Waals surface area (Å²) in [6.45, 7) is 4.14. The van der Waals surface area contributed by atoms with Crippen molar-refractivity contribution in [1.82, 2.24) is 14.2 Å². The van der Waals surface area contributed by atoms with Gasteiger partial charge in [0.1, 0.15) is 6.54 Å². The van der Waals surface area contributed by atoms with Crippen molar-refractivity contribution in [2.24, 2.45) is 0 Å². The Hall–Kier alpha value is -1.89. The molecule has 2 heterocycles. The largest absolute Gasteiger partial charge is 0.480 e. The summed E-state index contributed by atoms with van der Waals surface area (Å²) in [5, 5.41) is 6.20. The highest BCUT2D eigenvalue weighted by molar-refractivity contribution is 7.04. The van der Waals surface area contributed by atoms with Crippen LogP contribution in [0.25, 0.3) is 11.1 Å². The van der Waals surface area contributed by atoms with Gasteiger partial charge in [-0.05, 0) is 25.4 Å². The van der Waals surface area contributed by atoms with Gasteiger partial charge in [0.2, 0.25) is 5.88 Å².